The third-order valence-corrected chi connectivity index (χ3v) is 2.34. The normalized spacial score (nSPS) is 10.1. The molecule has 0 unspecified atom stereocenters. The van der Waals surface area contributed by atoms with E-state index >= 15 is 0 Å². The minimum Gasteiger partial charge on any atom is -0.470 e. The largest absolute Gasteiger partial charge is 0.470 e. The second-order valence-electron chi connectivity index (χ2n) is 3.76. The van der Waals surface area contributed by atoms with E-state index in [1.54, 1.807) is 6.08 Å². The summed E-state index contributed by atoms with van der Waals surface area (Å²) in [6.07, 6.45) is 2.13. The quantitative estimate of drug-likeness (QED) is 0.317. The SMILES string of the molecule is C=CCNc1nc(CC)nc(OCCOC)c1[N+](=O)[O-]. The van der Waals surface area contributed by atoms with E-state index in [-0.39, 0.29) is 24.0 Å². The van der Waals surface area contributed by atoms with Crippen LogP contribution in [-0.4, -0.2) is 41.8 Å². The van der Waals surface area contributed by atoms with Crippen LogP contribution in [0, 0.1) is 10.1 Å². The molecule has 8 heteroatoms. The maximum Gasteiger partial charge on any atom is 0.372 e. The monoisotopic (exact) mass is 282 g/mol. The fraction of sp³-hybridized carbons (Fsp3) is 0.500. The molecule has 0 atom stereocenters. The lowest BCUT2D eigenvalue weighted by Crippen LogP contribution is -2.12. The van der Waals surface area contributed by atoms with Gasteiger partial charge in [-0.25, -0.2) is 4.98 Å². The molecule has 0 bridgehead atoms. The van der Waals surface area contributed by atoms with Crippen molar-refractivity contribution < 1.29 is 14.4 Å². The highest BCUT2D eigenvalue weighted by molar-refractivity contribution is 5.62. The summed E-state index contributed by atoms with van der Waals surface area (Å²) in [5, 5.41) is 14.0. The highest BCUT2D eigenvalue weighted by Crippen LogP contribution is 2.31. The lowest BCUT2D eigenvalue weighted by Gasteiger charge is -2.10. The Morgan fingerprint density at radius 3 is 2.75 bits per heavy atom. The number of aromatic nitrogens is 2. The molecular formula is C12H18N4O4. The van der Waals surface area contributed by atoms with Crippen LogP contribution in [0.2, 0.25) is 0 Å². The minimum absolute atomic E-state index is 0.0505. The molecule has 1 aromatic rings. The number of nitrogens with one attached hydrogen (secondary N) is 1. The lowest BCUT2D eigenvalue weighted by molar-refractivity contribution is -0.385. The van der Waals surface area contributed by atoms with E-state index in [2.05, 4.69) is 21.9 Å². The van der Waals surface area contributed by atoms with Gasteiger partial charge in [0, 0.05) is 20.1 Å². The van der Waals surface area contributed by atoms with Gasteiger partial charge in [-0.15, -0.1) is 6.58 Å². The van der Waals surface area contributed by atoms with Crippen LogP contribution in [0.5, 0.6) is 5.88 Å². The maximum atomic E-state index is 11.2. The smallest absolute Gasteiger partial charge is 0.372 e. The molecule has 1 N–H and O–H groups in total. The van der Waals surface area contributed by atoms with Crippen molar-refractivity contribution in [3.05, 3.63) is 28.6 Å². The first-order valence-corrected chi connectivity index (χ1v) is 6.15. The number of ether oxygens (including phenoxy) is 2. The molecule has 0 fully saturated rings. The van der Waals surface area contributed by atoms with Crippen LogP contribution >= 0.6 is 0 Å². The summed E-state index contributed by atoms with van der Waals surface area (Å²) in [6, 6.07) is 0. The predicted molar refractivity (Wildman–Crippen MR) is 74.1 cm³/mol. The van der Waals surface area contributed by atoms with Crippen molar-refractivity contribution in [3.8, 4) is 5.88 Å². The van der Waals surface area contributed by atoms with Crippen molar-refractivity contribution >= 4 is 11.5 Å². The van der Waals surface area contributed by atoms with Gasteiger partial charge in [0.2, 0.25) is 5.82 Å². The van der Waals surface area contributed by atoms with E-state index in [1.165, 1.54) is 7.11 Å². The number of hydrogen-bond donors (Lipinski definition) is 1. The molecule has 1 rings (SSSR count). The topological polar surface area (TPSA) is 99.4 Å². The third-order valence-electron chi connectivity index (χ3n) is 2.34. The third kappa shape index (κ3) is 4.16. The lowest BCUT2D eigenvalue weighted by atomic mass is 10.4. The molecule has 1 heterocycles. The minimum atomic E-state index is -0.563. The highest BCUT2D eigenvalue weighted by atomic mass is 16.6. The standard InChI is InChI=1S/C12H18N4O4/c1-4-6-13-11-10(16(17)18)12(20-8-7-19-3)15-9(5-2)14-11/h4H,1,5-8H2,2-3H3,(H,13,14,15). The van der Waals surface area contributed by atoms with Crippen LogP contribution in [0.4, 0.5) is 11.5 Å². The van der Waals surface area contributed by atoms with Crippen LogP contribution in [0.1, 0.15) is 12.7 Å². The Bertz CT molecular complexity index is 479. The molecule has 0 aliphatic heterocycles. The number of anilines is 1. The van der Waals surface area contributed by atoms with Gasteiger partial charge < -0.3 is 14.8 Å². The molecule has 1 aromatic heterocycles. The Morgan fingerprint density at radius 2 is 2.20 bits per heavy atom. The fourth-order valence-electron chi connectivity index (χ4n) is 1.42. The molecule has 8 nitrogen and oxygen atoms in total. The molecule has 0 aromatic carbocycles. The van der Waals surface area contributed by atoms with Gasteiger partial charge in [-0.05, 0) is 0 Å². The van der Waals surface area contributed by atoms with Gasteiger partial charge in [-0.3, -0.25) is 10.1 Å². The van der Waals surface area contributed by atoms with E-state index in [4.69, 9.17) is 9.47 Å². The van der Waals surface area contributed by atoms with Gasteiger partial charge in [0.15, 0.2) is 0 Å². The Morgan fingerprint density at radius 1 is 1.45 bits per heavy atom. The van der Waals surface area contributed by atoms with Gasteiger partial charge in [-0.2, -0.15) is 4.98 Å². The van der Waals surface area contributed by atoms with Crippen molar-refractivity contribution in [1.82, 2.24) is 9.97 Å². The number of aryl methyl sites for hydroxylation is 1. The van der Waals surface area contributed by atoms with E-state index in [0.29, 0.717) is 25.4 Å². The van der Waals surface area contributed by atoms with Gasteiger partial charge in [0.25, 0.3) is 5.88 Å². The van der Waals surface area contributed by atoms with E-state index < -0.39 is 4.92 Å². The highest BCUT2D eigenvalue weighted by Gasteiger charge is 2.25. The Hall–Kier alpha value is -2.22. The zero-order valence-electron chi connectivity index (χ0n) is 11.6. The van der Waals surface area contributed by atoms with Gasteiger partial charge in [-0.1, -0.05) is 13.0 Å². The molecule has 0 amide bonds. The Labute approximate surface area is 117 Å². The number of hydrogen-bond acceptors (Lipinski definition) is 7. The number of nitrogens with zero attached hydrogens (tertiary/aromatic N) is 3. The summed E-state index contributed by atoms with van der Waals surface area (Å²) in [6.45, 7) is 6.27. The van der Waals surface area contributed by atoms with Crippen LogP contribution < -0.4 is 10.1 Å². The first kappa shape index (κ1) is 15.8. The molecule has 0 saturated carbocycles. The Kier molecular flexibility index (Phi) is 6.38. The van der Waals surface area contributed by atoms with E-state index in [1.807, 2.05) is 6.92 Å². The van der Waals surface area contributed by atoms with Gasteiger partial charge in [0.05, 0.1) is 11.5 Å². The molecule has 110 valence electrons. The van der Waals surface area contributed by atoms with Crippen molar-refractivity contribution in [2.24, 2.45) is 0 Å². The van der Waals surface area contributed by atoms with Crippen LogP contribution in [0.3, 0.4) is 0 Å². The molecule has 0 radical (unpaired) electrons. The van der Waals surface area contributed by atoms with Crippen LogP contribution in [0.25, 0.3) is 0 Å². The van der Waals surface area contributed by atoms with Gasteiger partial charge >= 0.3 is 5.69 Å². The zero-order chi connectivity index (χ0) is 15.0. The molecule has 0 aliphatic rings. The molecular weight excluding hydrogens is 264 g/mol. The average Bonchev–Trinajstić information content (AvgIpc) is 2.44. The van der Waals surface area contributed by atoms with Crippen LogP contribution in [-0.2, 0) is 11.2 Å². The van der Waals surface area contributed by atoms with Gasteiger partial charge in [0.1, 0.15) is 12.4 Å². The molecule has 20 heavy (non-hydrogen) atoms. The summed E-state index contributed by atoms with van der Waals surface area (Å²) < 4.78 is 10.2. The molecule has 0 aliphatic carbocycles. The van der Waals surface area contributed by atoms with Crippen LogP contribution in [0.15, 0.2) is 12.7 Å². The number of nitro groups is 1. The first-order chi connectivity index (χ1) is 9.63. The summed E-state index contributed by atoms with van der Waals surface area (Å²) in [7, 11) is 1.52. The van der Waals surface area contributed by atoms with Crippen molar-refractivity contribution in [1.29, 1.82) is 0 Å². The molecule has 0 saturated heterocycles. The Balaban J connectivity index is 3.15. The second-order valence-corrected chi connectivity index (χ2v) is 3.76. The van der Waals surface area contributed by atoms with Crippen molar-refractivity contribution in [2.45, 2.75) is 13.3 Å². The number of rotatable bonds is 9. The summed E-state index contributed by atoms with van der Waals surface area (Å²) in [4.78, 5) is 18.8. The summed E-state index contributed by atoms with van der Waals surface area (Å²) >= 11 is 0. The maximum absolute atomic E-state index is 11.2. The molecule has 0 spiro atoms. The summed E-state index contributed by atoms with van der Waals surface area (Å²) in [5.41, 5.74) is -0.278. The van der Waals surface area contributed by atoms with Crippen molar-refractivity contribution in [3.63, 3.8) is 0 Å². The number of methoxy groups -OCH3 is 1. The van der Waals surface area contributed by atoms with Crippen molar-refractivity contribution in [2.75, 3.05) is 32.2 Å². The average molecular weight is 282 g/mol. The zero-order valence-corrected chi connectivity index (χ0v) is 11.6. The predicted octanol–water partition coefficient (Wildman–Crippen LogP) is 1.57. The second kappa shape index (κ2) is 8.05. The summed E-state index contributed by atoms with van der Waals surface area (Å²) in [5.74, 6) is 0.550. The first-order valence-electron chi connectivity index (χ1n) is 6.15. The van der Waals surface area contributed by atoms with E-state index in [9.17, 15) is 10.1 Å². The van der Waals surface area contributed by atoms with E-state index in [0.717, 1.165) is 0 Å². The fourth-order valence-corrected chi connectivity index (χ4v) is 1.42.